The maximum Gasteiger partial charge on any atom is 0.213 e. The van der Waals surface area contributed by atoms with Crippen molar-refractivity contribution in [2.75, 3.05) is 40.5 Å². The van der Waals surface area contributed by atoms with Gasteiger partial charge in [-0.05, 0) is 43.0 Å². The molecule has 1 heterocycles. The van der Waals surface area contributed by atoms with Crippen molar-refractivity contribution in [3.05, 3.63) is 53.2 Å². The van der Waals surface area contributed by atoms with E-state index in [1.165, 1.54) is 5.56 Å². The number of aliphatic imine (C=N–C) groups is 1. The molecule has 2 aromatic rings. The van der Waals surface area contributed by atoms with Gasteiger partial charge in [0, 0.05) is 32.5 Å². The minimum atomic E-state index is 0.488. The van der Waals surface area contributed by atoms with Crippen LogP contribution in [0.2, 0.25) is 0 Å². The molecular weight excluding hydrogens is 368 g/mol. The zero-order valence-electron chi connectivity index (χ0n) is 17.8. The van der Waals surface area contributed by atoms with Gasteiger partial charge in [0.05, 0.1) is 20.3 Å². The zero-order chi connectivity index (χ0) is 20.9. The number of guanidine groups is 1. The summed E-state index contributed by atoms with van der Waals surface area (Å²) in [6.45, 7) is 7.25. The molecule has 7 heteroatoms. The first-order chi connectivity index (χ1) is 14.2. The summed E-state index contributed by atoms with van der Waals surface area (Å²) in [5, 5.41) is 6.65. The molecule has 29 heavy (non-hydrogen) atoms. The fraction of sp³-hybridized carbons (Fsp3) is 0.455. The van der Waals surface area contributed by atoms with Gasteiger partial charge in [-0.2, -0.15) is 0 Å². The van der Waals surface area contributed by atoms with Crippen LogP contribution in [0.25, 0.3) is 0 Å². The van der Waals surface area contributed by atoms with Gasteiger partial charge in [0.25, 0.3) is 0 Å². The number of aryl methyl sites for hydroxylation is 1. The first kappa shape index (κ1) is 22.5. The molecule has 0 fully saturated rings. The van der Waals surface area contributed by atoms with Crippen LogP contribution in [0.1, 0.15) is 23.6 Å². The third kappa shape index (κ3) is 7.99. The van der Waals surface area contributed by atoms with Gasteiger partial charge in [-0.25, -0.2) is 9.98 Å². The zero-order valence-corrected chi connectivity index (χ0v) is 17.8. The molecule has 0 saturated carbocycles. The lowest BCUT2D eigenvalue weighted by Crippen LogP contribution is -2.38. The molecule has 1 aromatic carbocycles. The largest absolute Gasteiger partial charge is 0.496 e. The van der Waals surface area contributed by atoms with Crippen LogP contribution in [0.3, 0.4) is 0 Å². The van der Waals surface area contributed by atoms with E-state index in [0.29, 0.717) is 25.6 Å². The van der Waals surface area contributed by atoms with Crippen LogP contribution in [-0.2, 0) is 17.7 Å². The number of nitrogens with zero attached hydrogens (tertiary/aromatic N) is 2. The Balaban J connectivity index is 1.85. The Morgan fingerprint density at radius 3 is 2.59 bits per heavy atom. The predicted molar refractivity (Wildman–Crippen MR) is 116 cm³/mol. The normalized spacial score (nSPS) is 11.2. The fourth-order valence-electron chi connectivity index (χ4n) is 2.68. The molecule has 158 valence electrons. The highest BCUT2D eigenvalue weighted by atomic mass is 16.5. The fourth-order valence-corrected chi connectivity index (χ4v) is 2.68. The lowest BCUT2D eigenvalue weighted by molar-refractivity contribution is 0.143. The molecule has 0 aliphatic heterocycles. The topological polar surface area (TPSA) is 77.0 Å². The van der Waals surface area contributed by atoms with Gasteiger partial charge in [0.1, 0.15) is 12.4 Å². The summed E-state index contributed by atoms with van der Waals surface area (Å²) in [6, 6.07) is 10.1. The van der Waals surface area contributed by atoms with Crippen LogP contribution in [-0.4, -0.2) is 51.5 Å². The van der Waals surface area contributed by atoms with Crippen molar-refractivity contribution in [3.8, 4) is 11.6 Å². The second-order valence-corrected chi connectivity index (χ2v) is 6.52. The summed E-state index contributed by atoms with van der Waals surface area (Å²) in [5.41, 5.74) is 3.39. The molecule has 0 radical (unpaired) electrons. The van der Waals surface area contributed by atoms with Crippen LogP contribution in [0.15, 0.2) is 41.5 Å². The summed E-state index contributed by atoms with van der Waals surface area (Å²) in [5.74, 6) is 2.30. The number of nitrogens with one attached hydrogen (secondary N) is 2. The summed E-state index contributed by atoms with van der Waals surface area (Å²) in [7, 11) is 3.35. The van der Waals surface area contributed by atoms with Crippen molar-refractivity contribution in [2.45, 2.75) is 26.8 Å². The Kier molecular flexibility index (Phi) is 9.78. The molecule has 2 N–H and O–H groups in total. The maximum atomic E-state index is 5.48. The third-order valence-electron chi connectivity index (χ3n) is 4.28. The summed E-state index contributed by atoms with van der Waals surface area (Å²) in [6.07, 6.45) is 2.67. The molecule has 0 amide bonds. The number of hydrogen-bond donors (Lipinski definition) is 2. The minimum absolute atomic E-state index is 0.488. The predicted octanol–water partition coefficient (Wildman–Crippen LogP) is 2.72. The van der Waals surface area contributed by atoms with E-state index in [2.05, 4.69) is 45.7 Å². The van der Waals surface area contributed by atoms with Crippen molar-refractivity contribution in [2.24, 2.45) is 4.99 Å². The van der Waals surface area contributed by atoms with Crippen LogP contribution < -0.4 is 20.1 Å². The van der Waals surface area contributed by atoms with Crippen molar-refractivity contribution in [1.82, 2.24) is 15.6 Å². The maximum absolute atomic E-state index is 5.48. The number of pyridine rings is 1. The van der Waals surface area contributed by atoms with Gasteiger partial charge in [0.2, 0.25) is 5.88 Å². The average molecular weight is 401 g/mol. The molecule has 7 nitrogen and oxygen atoms in total. The summed E-state index contributed by atoms with van der Waals surface area (Å²) >= 11 is 0. The van der Waals surface area contributed by atoms with E-state index in [0.717, 1.165) is 42.3 Å². The molecule has 1 aromatic heterocycles. The van der Waals surface area contributed by atoms with Crippen LogP contribution in [0.5, 0.6) is 11.6 Å². The molecule has 0 bridgehead atoms. The molecular formula is C22H32N4O3. The Hall–Kier alpha value is -2.80. The van der Waals surface area contributed by atoms with Crippen LogP contribution in [0, 0.1) is 6.92 Å². The molecule has 0 saturated heterocycles. The first-order valence-electron chi connectivity index (χ1n) is 9.88. The Morgan fingerprint density at radius 2 is 1.90 bits per heavy atom. The number of hydrogen-bond acceptors (Lipinski definition) is 5. The molecule has 0 aliphatic carbocycles. The van der Waals surface area contributed by atoms with Crippen molar-refractivity contribution < 1.29 is 14.2 Å². The number of rotatable bonds is 11. The van der Waals surface area contributed by atoms with Gasteiger partial charge in [-0.3, -0.25) is 0 Å². The molecule has 0 unspecified atom stereocenters. The standard InChI is InChI=1S/C22H32N4O3/c1-5-23-22(24-11-10-18-7-6-17(2)20(14-18)28-4)26-16-19-8-9-21(25-15-19)29-13-12-27-3/h6-9,14-15H,5,10-13,16H2,1-4H3,(H2,23,24,26). The summed E-state index contributed by atoms with van der Waals surface area (Å²) in [4.78, 5) is 8.94. The minimum Gasteiger partial charge on any atom is -0.496 e. The first-order valence-corrected chi connectivity index (χ1v) is 9.88. The Morgan fingerprint density at radius 1 is 1.07 bits per heavy atom. The van der Waals surface area contributed by atoms with Crippen molar-refractivity contribution in [3.63, 3.8) is 0 Å². The highest BCUT2D eigenvalue weighted by Crippen LogP contribution is 2.19. The monoisotopic (exact) mass is 400 g/mol. The van der Waals surface area contributed by atoms with Gasteiger partial charge >= 0.3 is 0 Å². The van der Waals surface area contributed by atoms with E-state index >= 15 is 0 Å². The average Bonchev–Trinajstić information content (AvgIpc) is 2.74. The molecule has 0 atom stereocenters. The van der Waals surface area contributed by atoms with Gasteiger partial charge in [0.15, 0.2) is 5.96 Å². The highest BCUT2D eigenvalue weighted by Gasteiger charge is 2.03. The number of ether oxygens (including phenoxy) is 3. The lowest BCUT2D eigenvalue weighted by atomic mass is 10.1. The van der Waals surface area contributed by atoms with E-state index in [1.54, 1.807) is 20.4 Å². The lowest BCUT2D eigenvalue weighted by Gasteiger charge is -2.12. The third-order valence-corrected chi connectivity index (χ3v) is 4.28. The van der Waals surface area contributed by atoms with E-state index in [1.807, 2.05) is 19.1 Å². The number of methoxy groups -OCH3 is 2. The van der Waals surface area contributed by atoms with Gasteiger partial charge in [-0.15, -0.1) is 0 Å². The summed E-state index contributed by atoms with van der Waals surface area (Å²) < 4.78 is 15.8. The van der Waals surface area contributed by atoms with Crippen molar-refractivity contribution in [1.29, 1.82) is 0 Å². The molecule has 0 aliphatic rings. The van der Waals surface area contributed by atoms with Gasteiger partial charge in [-0.1, -0.05) is 18.2 Å². The van der Waals surface area contributed by atoms with E-state index < -0.39 is 0 Å². The molecule has 2 rings (SSSR count). The van der Waals surface area contributed by atoms with Crippen molar-refractivity contribution >= 4 is 5.96 Å². The second-order valence-electron chi connectivity index (χ2n) is 6.52. The smallest absolute Gasteiger partial charge is 0.213 e. The Labute approximate surface area is 173 Å². The Bertz CT molecular complexity index is 763. The quantitative estimate of drug-likeness (QED) is 0.343. The number of aromatic nitrogens is 1. The van der Waals surface area contributed by atoms with Gasteiger partial charge < -0.3 is 24.8 Å². The molecule has 0 spiro atoms. The SMILES string of the molecule is CCNC(=NCc1ccc(OCCOC)nc1)NCCc1ccc(C)c(OC)c1. The van der Waals surface area contributed by atoms with Crippen LogP contribution in [0.4, 0.5) is 0 Å². The van der Waals surface area contributed by atoms with E-state index in [-0.39, 0.29) is 0 Å². The van der Waals surface area contributed by atoms with E-state index in [4.69, 9.17) is 14.2 Å². The van der Waals surface area contributed by atoms with E-state index in [9.17, 15) is 0 Å². The number of benzene rings is 1. The van der Waals surface area contributed by atoms with Crippen LogP contribution >= 0.6 is 0 Å². The highest BCUT2D eigenvalue weighted by molar-refractivity contribution is 5.79. The second kappa shape index (κ2) is 12.6.